The average Bonchev–Trinajstić information content (AvgIpc) is 2.44. The van der Waals surface area contributed by atoms with E-state index in [1.54, 1.807) is 25.3 Å². The summed E-state index contributed by atoms with van der Waals surface area (Å²) in [6.07, 6.45) is 0.245. The number of benzene rings is 2. The summed E-state index contributed by atoms with van der Waals surface area (Å²) in [6, 6.07) is 12.4. The Balaban J connectivity index is 2.05. The van der Waals surface area contributed by atoms with Crippen molar-refractivity contribution in [3.63, 3.8) is 0 Å². The number of nitrogen functional groups attached to an aromatic ring is 1. The van der Waals surface area contributed by atoms with Crippen LogP contribution in [0.2, 0.25) is 5.02 Å². The van der Waals surface area contributed by atoms with E-state index in [4.69, 9.17) is 22.1 Å². The maximum absolute atomic E-state index is 12.0. The number of halogens is 1. The number of carbonyl (C=O) groups excluding carboxylic acids is 1. The molecule has 2 rings (SSSR count). The van der Waals surface area contributed by atoms with Gasteiger partial charge in [-0.05, 0) is 29.8 Å². The maximum atomic E-state index is 12.0. The predicted molar refractivity (Wildman–Crippen MR) is 81.2 cm³/mol. The number of nitrogens with two attached hydrogens (primary N) is 1. The molecule has 0 aromatic heterocycles. The lowest BCUT2D eigenvalue weighted by atomic mass is 10.1. The number of ether oxygens (including phenoxy) is 1. The van der Waals surface area contributed by atoms with Gasteiger partial charge in [0.2, 0.25) is 5.91 Å². The van der Waals surface area contributed by atoms with E-state index in [1.165, 1.54) is 0 Å². The summed E-state index contributed by atoms with van der Waals surface area (Å²) in [6.45, 7) is 0. The van der Waals surface area contributed by atoms with E-state index in [0.29, 0.717) is 16.4 Å². The minimum Gasteiger partial charge on any atom is -0.497 e. The van der Waals surface area contributed by atoms with E-state index in [1.807, 2.05) is 24.3 Å². The largest absolute Gasteiger partial charge is 0.497 e. The Bertz CT molecular complexity index is 592. The van der Waals surface area contributed by atoms with Gasteiger partial charge in [-0.3, -0.25) is 4.79 Å². The van der Waals surface area contributed by atoms with Crippen LogP contribution in [0.4, 0.5) is 11.4 Å². The molecule has 0 aliphatic carbocycles. The van der Waals surface area contributed by atoms with Gasteiger partial charge in [-0.1, -0.05) is 29.8 Å². The number of rotatable bonds is 4. The third-order valence-corrected chi connectivity index (χ3v) is 3.15. The van der Waals surface area contributed by atoms with Gasteiger partial charge < -0.3 is 15.8 Å². The Hall–Kier alpha value is -2.20. The van der Waals surface area contributed by atoms with Crippen molar-refractivity contribution in [2.75, 3.05) is 18.2 Å². The van der Waals surface area contributed by atoms with Crippen LogP contribution >= 0.6 is 11.6 Å². The molecular formula is C15H15ClN2O2. The quantitative estimate of drug-likeness (QED) is 0.850. The van der Waals surface area contributed by atoms with Gasteiger partial charge in [0.05, 0.1) is 29.9 Å². The second-order valence-corrected chi connectivity index (χ2v) is 4.68. The van der Waals surface area contributed by atoms with Crippen LogP contribution < -0.4 is 15.8 Å². The van der Waals surface area contributed by atoms with Gasteiger partial charge in [0, 0.05) is 0 Å². The van der Waals surface area contributed by atoms with Gasteiger partial charge in [0.25, 0.3) is 0 Å². The second-order valence-electron chi connectivity index (χ2n) is 4.28. The van der Waals surface area contributed by atoms with Gasteiger partial charge in [-0.25, -0.2) is 0 Å². The molecular weight excluding hydrogens is 276 g/mol. The van der Waals surface area contributed by atoms with Gasteiger partial charge in [-0.15, -0.1) is 0 Å². The topological polar surface area (TPSA) is 64.3 Å². The Morgan fingerprint density at radius 2 is 1.95 bits per heavy atom. The number of anilines is 2. The minimum absolute atomic E-state index is 0.171. The van der Waals surface area contributed by atoms with Crippen LogP contribution in [-0.4, -0.2) is 13.0 Å². The molecule has 0 aliphatic heterocycles. The molecule has 0 fully saturated rings. The molecule has 0 aliphatic rings. The number of methoxy groups -OCH3 is 1. The molecule has 4 nitrogen and oxygen atoms in total. The summed E-state index contributed by atoms with van der Waals surface area (Å²) in [4.78, 5) is 12.0. The molecule has 0 spiro atoms. The van der Waals surface area contributed by atoms with Crippen LogP contribution in [0.5, 0.6) is 5.75 Å². The average molecular weight is 291 g/mol. The molecule has 1 amide bonds. The Morgan fingerprint density at radius 3 is 2.55 bits per heavy atom. The van der Waals surface area contributed by atoms with Crippen LogP contribution in [0.3, 0.4) is 0 Å². The number of para-hydroxylation sites is 1. The summed E-state index contributed by atoms with van der Waals surface area (Å²) in [5, 5.41) is 3.15. The molecule has 2 aromatic carbocycles. The summed E-state index contributed by atoms with van der Waals surface area (Å²) in [5.74, 6) is 0.583. The van der Waals surface area contributed by atoms with Gasteiger partial charge in [-0.2, -0.15) is 0 Å². The highest BCUT2D eigenvalue weighted by Crippen LogP contribution is 2.27. The molecule has 0 heterocycles. The third-order valence-electron chi connectivity index (χ3n) is 2.83. The molecule has 0 saturated heterocycles. The predicted octanol–water partition coefficient (Wildman–Crippen LogP) is 3.11. The van der Waals surface area contributed by atoms with Gasteiger partial charge in [0.1, 0.15) is 5.75 Å². The normalized spacial score (nSPS) is 10.1. The van der Waals surface area contributed by atoms with Crippen molar-refractivity contribution in [2.24, 2.45) is 0 Å². The minimum atomic E-state index is -0.171. The highest BCUT2D eigenvalue weighted by molar-refractivity contribution is 6.34. The van der Waals surface area contributed by atoms with E-state index in [2.05, 4.69) is 5.32 Å². The zero-order chi connectivity index (χ0) is 14.5. The van der Waals surface area contributed by atoms with Crippen molar-refractivity contribution in [1.82, 2.24) is 0 Å². The Morgan fingerprint density at radius 1 is 1.25 bits per heavy atom. The van der Waals surface area contributed by atoms with Crippen molar-refractivity contribution in [1.29, 1.82) is 0 Å². The van der Waals surface area contributed by atoms with Crippen LogP contribution in [0, 0.1) is 0 Å². The molecule has 0 bridgehead atoms. The van der Waals surface area contributed by atoms with Crippen molar-refractivity contribution in [2.45, 2.75) is 6.42 Å². The van der Waals surface area contributed by atoms with Crippen LogP contribution in [-0.2, 0) is 11.2 Å². The van der Waals surface area contributed by atoms with E-state index in [9.17, 15) is 4.79 Å². The fourth-order valence-electron chi connectivity index (χ4n) is 1.79. The van der Waals surface area contributed by atoms with Crippen molar-refractivity contribution in [3.8, 4) is 5.75 Å². The molecule has 3 N–H and O–H groups in total. The zero-order valence-corrected chi connectivity index (χ0v) is 11.8. The molecule has 5 heteroatoms. The Kier molecular flexibility index (Phi) is 4.48. The standard InChI is InChI=1S/C15H15ClN2O2/c1-20-11-7-5-10(6-8-11)9-14(19)18-15-12(16)3-2-4-13(15)17/h2-8H,9,17H2,1H3,(H,18,19). The molecule has 0 radical (unpaired) electrons. The fraction of sp³-hybridized carbons (Fsp3) is 0.133. The first-order valence-corrected chi connectivity index (χ1v) is 6.44. The highest BCUT2D eigenvalue weighted by atomic mass is 35.5. The maximum Gasteiger partial charge on any atom is 0.228 e. The number of carbonyl (C=O) groups is 1. The first-order valence-electron chi connectivity index (χ1n) is 6.07. The number of hydrogen-bond donors (Lipinski definition) is 2. The van der Waals surface area contributed by atoms with Crippen molar-refractivity contribution >= 4 is 28.9 Å². The lowest BCUT2D eigenvalue weighted by Crippen LogP contribution is -2.15. The number of amides is 1. The summed E-state index contributed by atoms with van der Waals surface area (Å²) < 4.78 is 5.07. The monoisotopic (exact) mass is 290 g/mol. The number of hydrogen-bond acceptors (Lipinski definition) is 3. The molecule has 104 valence electrons. The first kappa shape index (κ1) is 14.2. The summed E-state index contributed by atoms with van der Waals surface area (Å²) in [5.41, 5.74) is 7.57. The summed E-state index contributed by atoms with van der Waals surface area (Å²) in [7, 11) is 1.60. The lowest BCUT2D eigenvalue weighted by Gasteiger charge is -2.10. The van der Waals surface area contributed by atoms with E-state index >= 15 is 0 Å². The Labute approximate surface area is 122 Å². The zero-order valence-electron chi connectivity index (χ0n) is 11.0. The molecule has 0 atom stereocenters. The fourth-order valence-corrected chi connectivity index (χ4v) is 2.01. The van der Waals surface area contributed by atoms with Crippen molar-refractivity contribution < 1.29 is 9.53 Å². The summed E-state index contributed by atoms with van der Waals surface area (Å²) >= 11 is 6.00. The van der Waals surface area contributed by atoms with E-state index in [0.717, 1.165) is 11.3 Å². The molecule has 20 heavy (non-hydrogen) atoms. The van der Waals surface area contributed by atoms with Crippen LogP contribution in [0.1, 0.15) is 5.56 Å². The van der Waals surface area contributed by atoms with E-state index < -0.39 is 0 Å². The molecule has 0 saturated carbocycles. The molecule has 0 unspecified atom stereocenters. The third kappa shape index (κ3) is 3.42. The lowest BCUT2D eigenvalue weighted by molar-refractivity contribution is -0.115. The molecule has 2 aromatic rings. The van der Waals surface area contributed by atoms with Crippen LogP contribution in [0.15, 0.2) is 42.5 Å². The smallest absolute Gasteiger partial charge is 0.228 e. The van der Waals surface area contributed by atoms with Gasteiger partial charge in [0.15, 0.2) is 0 Å². The number of nitrogens with one attached hydrogen (secondary N) is 1. The first-order chi connectivity index (χ1) is 9.60. The van der Waals surface area contributed by atoms with Crippen LogP contribution in [0.25, 0.3) is 0 Å². The SMILES string of the molecule is COc1ccc(CC(=O)Nc2c(N)cccc2Cl)cc1. The van der Waals surface area contributed by atoms with Gasteiger partial charge >= 0.3 is 0 Å². The van der Waals surface area contributed by atoms with E-state index in [-0.39, 0.29) is 12.3 Å². The highest BCUT2D eigenvalue weighted by Gasteiger charge is 2.09. The van der Waals surface area contributed by atoms with Crippen molar-refractivity contribution in [3.05, 3.63) is 53.1 Å². The second kappa shape index (κ2) is 6.30.